The molecule has 2 rings (SSSR count). The van der Waals surface area contributed by atoms with Crippen LogP contribution in [0.4, 0.5) is 0 Å². The lowest BCUT2D eigenvalue weighted by molar-refractivity contribution is -0.147. The second-order valence-corrected chi connectivity index (χ2v) is 9.53. The van der Waals surface area contributed by atoms with Crippen LogP contribution in [0.2, 0.25) is 0 Å². The third-order valence-corrected chi connectivity index (χ3v) is 6.52. The molecular formula is C26H35N5O9. The van der Waals surface area contributed by atoms with Crippen molar-refractivity contribution in [2.24, 2.45) is 11.7 Å². The average Bonchev–Trinajstić information content (AvgIpc) is 3.31. The minimum absolute atomic E-state index is 0.0150. The lowest BCUT2D eigenvalue weighted by Gasteiger charge is -2.28. The number of fused-ring (bicyclic) bond motifs is 1. The molecule has 0 aliphatic heterocycles. The lowest BCUT2D eigenvalue weighted by Crippen LogP contribution is -2.59. The Labute approximate surface area is 229 Å². The van der Waals surface area contributed by atoms with Crippen molar-refractivity contribution in [3.8, 4) is 0 Å². The molecule has 0 spiro atoms. The normalized spacial score (nSPS) is 14.8. The number of carbonyl (C=O) groups is 6. The van der Waals surface area contributed by atoms with E-state index in [4.69, 9.17) is 15.9 Å². The van der Waals surface area contributed by atoms with Crippen molar-refractivity contribution in [3.63, 3.8) is 0 Å². The van der Waals surface area contributed by atoms with E-state index < -0.39 is 72.1 Å². The van der Waals surface area contributed by atoms with Crippen LogP contribution >= 0.6 is 0 Å². The summed E-state index contributed by atoms with van der Waals surface area (Å²) in [7, 11) is 0. The van der Waals surface area contributed by atoms with Gasteiger partial charge in [-0.25, -0.2) is 4.79 Å². The quantitative estimate of drug-likeness (QED) is 0.136. The Kier molecular flexibility index (Phi) is 11.6. The van der Waals surface area contributed by atoms with Gasteiger partial charge >= 0.3 is 17.9 Å². The van der Waals surface area contributed by atoms with Crippen LogP contribution in [-0.4, -0.2) is 80.1 Å². The molecule has 14 nitrogen and oxygen atoms in total. The van der Waals surface area contributed by atoms with Gasteiger partial charge in [-0.1, -0.05) is 38.5 Å². The minimum Gasteiger partial charge on any atom is -0.481 e. The number of H-pyrrole nitrogens is 1. The summed E-state index contributed by atoms with van der Waals surface area (Å²) in [6, 6.07) is 1.84. The molecule has 0 radical (unpaired) electrons. The highest BCUT2D eigenvalue weighted by Crippen LogP contribution is 2.20. The van der Waals surface area contributed by atoms with Crippen LogP contribution in [0.25, 0.3) is 10.9 Å². The number of para-hydroxylation sites is 1. The lowest BCUT2D eigenvalue weighted by atomic mass is 9.96. The molecule has 14 heteroatoms. The van der Waals surface area contributed by atoms with Crippen molar-refractivity contribution in [1.82, 2.24) is 20.9 Å². The van der Waals surface area contributed by atoms with Crippen LogP contribution in [0.5, 0.6) is 0 Å². The zero-order valence-electron chi connectivity index (χ0n) is 22.2. The molecule has 3 amide bonds. The van der Waals surface area contributed by atoms with Gasteiger partial charge in [-0.3, -0.25) is 24.0 Å². The summed E-state index contributed by atoms with van der Waals surface area (Å²) in [6.07, 6.45) is 0.665. The van der Waals surface area contributed by atoms with Gasteiger partial charge < -0.3 is 42.0 Å². The number of aliphatic carboxylic acids is 3. The average molecular weight is 562 g/mol. The topological polar surface area (TPSA) is 241 Å². The first-order chi connectivity index (χ1) is 18.8. The summed E-state index contributed by atoms with van der Waals surface area (Å²) in [5.74, 6) is -7.05. The first-order valence-corrected chi connectivity index (χ1v) is 12.7. The first-order valence-electron chi connectivity index (χ1n) is 12.7. The third kappa shape index (κ3) is 9.08. The predicted molar refractivity (Wildman–Crippen MR) is 142 cm³/mol. The van der Waals surface area contributed by atoms with Crippen molar-refractivity contribution in [1.29, 1.82) is 0 Å². The minimum atomic E-state index is -1.72. The fourth-order valence-electron chi connectivity index (χ4n) is 4.01. The van der Waals surface area contributed by atoms with Gasteiger partial charge in [0.2, 0.25) is 17.7 Å². The maximum atomic E-state index is 13.5. The zero-order chi connectivity index (χ0) is 30.0. The molecular weight excluding hydrogens is 526 g/mol. The second-order valence-electron chi connectivity index (χ2n) is 9.53. The van der Waals surface area contributed by atoms with E-state index in [1.165, 1.54) is 0 Å². The largest absolute Gasteiger partial charge is 0.481 e. The van der Waals surface area contributed by atoms with Crippen molar-refractivity contribution < 1.29 is 44.1 Å². The number of nitrogens with two attached hydrogens (primary N) is 1. The highest BCUT2D eigenvalue weighted by molar-refractivity contribution is 5.95. The molecule has 0 aliphatic carbocycles. The van der Waals surface area contributed by atoms with Crippen molar-refractivity contribution in [2.45, 2.75) is 70.1 Å². The van der Waals surface area contributed by atoms with Crippen LogP contribution in [0.1, 0.15) is 45.1 Å². The molecule has 5 atom stereocenters. The maximum absolute atomic E-state index is 13.5. The fourth-order valence-corrected chi connectivity index (χ4v) is 4.01. The van der Waals surface area contributed by atoms with E-state index in [1.54, 1.807) is 26.1 Å². The van der Waals surface area contributed by atoms with Crippen molar-refractivity contribution >= 4 is 46.5 Å². The number of hydrogen-bond acceptors (Lipinski definition) is 7. The van der Waals surface area contributed by atoms with Gasteiger partial charge in [0.05, 0.1) is 12.5 Å². The number of carboxylic acid groups (broad SMARTS) is 3. The molecule has 2 aromatic rings. The zero-order valence-corrected chi connectivity index (χ0v) is 22.2. The number of amides is 3. The summed E-state index contributed by atoms with van der Waals surface area (Å²) in [5.41, 5.74) is 7.30. The van der Waals surface area contributed by atoms with Crippen molar-refractivity contribution in [3.05, 3.63) is 36.0 Å². The Morgan fingerprint density at radius 3 is 2.15 bits per heavy atom. The Morgan fingerprint density at radius 2 is 1.55 bits per heavy atom. The SMILES string of the molecule is CCC(C)C(NC(=O)C(Cc1c[nH]c2ccccc12)NC(=O)C(N)CCC(=O)O)C(=O)NC(CC(=O)O)C(=O)O. The third-order valence-electron chi connectivity index (χ3n) is 6.52. The maximum Gasteiger partial charge on any atom is 0.326 e. The Bertz CT molecular complexity index is 1240. The molecule has 5 unspecified atom stereocenters. The number of aromatic amines is 1. The van der Waals surface area contributed by atoms with Gasteiger partial charge in [0, 0.05) is 29.9 Å². The van der Waals surface area contributed by atoms with Gasteiger partial charge in [0.1, 0.15) is 18.1 Å². The van der Waals surface area contributed by atoms with E-state index in [2.05, 4.69) is 20.9 Å². The molecule has 0 aliphatic rings. The molecule has 1 aromatic carbocycles. The van der Waals surface area contributed by atoms with Crippen LogP contribution < -0.4 is 21.7 Å². The number of benzene rings is 1. The summed E-state index contributed by atoms with van der Waals surface area (Å²) >= 11 is 0. The van der Waals surface area contributed by atoms with Gasteiger partial charge in [0.15, 0.2) is 0 Å². The molecule has 0 fully saturated rings. The summed E-state index contributed by atoms with van der Waals surface area (Å²) in [5, 5.41) is 35.3. The highest BCUT2D eigenvalue weighted by Gasteiger charge is 2.33. The molecule has 0 bridgehead atoms. The van der Waals surface area contributed by atoms with E-state index in [-0.39, 0.29) is 19.3 Å². The standard InChI is InChI=1S/C26H35N5O9/c1-3-13(2)22(25(38)30-19(26(39)40)11-21(34)35)31-24(37)18(29-23(36)16(27)8-9-20(32)33)10-14-12-28-17-7-5-4-6-15(14)17/h4-7,12-13,16,18-19,22,28H,3,8-11,27H2,1-2H3,(H,29,36)(H,30,38)(H,31,37)(H,32,33)(H,34,35)(H,39,40). The monoisotopic (exact) mass is 561 g/mol. The van der Waals surface area contributed by atoms with Gasteiger partial charge in [-0.2, -0.15) is 0 Å². The molecule has 218 valence electrons. The summed E-state index contributed by atoms with van der Waals surface area (Å²) in [4.78, 5) is 75.8. The van der Waals surface area contributed by atoms with E-state index in [0.29, 0.717) is 12.0 Å². The number of carboxylic acids is 3. The molecule has 9 N–H and O–H groups in total. The number of carbonyl (C=O) groups excluding carboxylic acids is 3. The molecule has 40 heavy (non-hydrogen) atoms. The Balaban J connectivity index is 2.32. The van der Waals surface area contributed by atoms with E-state index in [9.17, 15) is 33.9 Å². The van der Waals surface area contributed by atoms with Gasteiger partial charge in [0.25, 0.3) is 0 Å². The number of nitrogens with one attached hydrogen (secondary N) is 4. The fraction of sp³-hybridized carbons (Fsp3) is 0.462. The van der Waals surface area contributed by atoms with Crippen molar-refractivity contribution in [2.75, 3.05) is 0 Å². The summed E-state index contributed by atoms with van der Waals surface area (Å²) < 4.78 is 0. The Morgan fingerprint density at radius 1 is 0.900 bits per heavy atom. The molecule has 0 saturated carbocycles. The van der Waals surface area contributed by atoms with Crippen LogP contribution in [0.15, 0.2) is 30.5 Å². The van der Waals surface area contributed by atoms with Gasteiger partial charge in [-0.05, 0) is 24.0 Å². The molecule has 1 heterocycles. The number of rotatable bonds is 16. The van der Waals surface area contributed by atoms with E-state index in [1.807, 2.05) is 18.2 Å². The predicted octanol–water partition coefficient (Wildman–Crippen LogP) is -0.0377. The number of aromatic nitrogens is 1. The smallest absolute Gasteiger partial charge is 0.326 e. The second kappa shape index (κ2) is 14.6. The molecule has 1 aromatic heterocycles. The van der Waals surface area contributed by atoms with E-state index >= 15 is 0 Å². The van der Waals surface area contributed by atoms with Crippen LogP contribution in [0, 0.1) is 5.92 Å². The Hall–Kier alpha value is -4.46. The number of hydrogen-bond donors (Lipinski definition) is 8. The molecule has 0 saturated heterocycles. The van der Waals surface area contributed by atoms with E-state index in [0.717, 1.165) is 10.9 Å². The first kappa shape index (κ1) is 31.8. The van der Waals surface area contributed by atoms with Gasteiger partial charge in [-0.15, -0.1) is 0 Å². The highest BCUT2D eigenvalue weighted by atomic mass is 16.4. The van der Waals surface area contributed by atoms with Crippen LogP contribution in [-0.2, 0) is 35.2 Å². The van der Waals surface area contributed by atoms with Crippen LogP contribution in [0.3, 0.4) is 0 Å². The summed E-state index contributed by atoms with van der Waals surface area (Å²) in [6.45, 7) is 3.39.